The molecule has 0 aliphatic heterocycles. The van der Waals surface area contributed by atoms with Crippen LogP contribution in [0.25, 0.3) is 0 Å². The second-order valence-corrected chi connectivity index (χ2v) is 3.10. The zero-order chi connectivity index (χ0) is 9.19. The summed E-state index contributed by atoms with van der Waals surface area (Å²) in [6.07, 6.45) is -4.44. The van der Waals surface area contributed by atoms with E-state index in [1.165, 1.54) is 0 Å². The molecule has 0 aromatic heterocycles. The van der Waals surface area contributed by atoms with Crippen LogP contribution in [0.15, 0.2) is 0 Å². The third kappa shape index (κ3) is 2.33. The minimum Gasteiger partial charge on any atom is -0.191 e. The van der Waals surface area contributed by atoms with E-state index >= 15 is 0 Å². The molecular formula is C7H10F4O. The monoisotopic (exact) mass is 186 g/mol. The van der Waals surface area contributed by atoms with Crippen LogP contribution >= 0.6 is 0 Å². The van der Waals surface area contributed by atoms with Crippen LogP contribution in [0.2, 0.25) is 0 Å². The van der Waals surface area contributed by atoms with Gasteiger partial charge in [-0.15, -0.1) is 0 Å². The summed E-state index contributed by atoms with van der Waals surface area (Å²) in [6, 6.07) is 0. The van der Waals surface area contributed by atoms with E-state index in [9.17, 15) is 17.7 Å². The highest BCUT2D eigenvalue weighted by Gasteiger charge is 2.41. The SMILES string of the molecule is FOC1CCC(C(F)(F)F)CC1. The summed E-state index contributed by atoms with van der Waals surface area (Å²) in [5.41, 5.74) is 0. The van der Waals surface area contributed by atoms with Crippen molar-refractivity contribution >= 4 is 0 Å². The molecule has 0 saturated heterocycles. The van der Waals surface area contributed by atoms with Crippen LogP contribution in [-0.4, -0.2) is 12.3 Å². The molecule has 0 heterocycles. The van der Waals surface area contributed by atoms with Gasteiger partial charge in [0.2, 0.25) is 0 Å². The van der Waals surface area contributed by atoms with E-state index in [0.29, 0.717) is 0 Å². The maximum atomic E-state index is 12.0. The van der Waals surface area contributed by atoms with Gasteiger partial charge in [0, 0.05) is 0 Å². The summed E-state index contributed by atoms with van der Waals surface area (Å²) in [4.78, 5) is 3.48. The number of hydrogen-bond acceptors (Lipinski definition) is 1. The molecule has 72 valence electrons. The van der Waals surface area contributed by atoms with Crippen molar-refractivity contribution in [2.45, 2.75) is 38.0 Å². The van der Waals surface area contributed by atoms with Crippen molar-refractivity contribution in [3.05, 3.63) is 0 Å². The van der Waals surface area contributed by atoms with E-state index in [2.05, 4.69) is 4.94 Å². The number of hydrogen-bond donors (Lipinski definition) is 0. The topological polar surface area (TPSA) is 9.23 Å². The molecule has 1 aliphatic carbocycles. The molecule has 0 unspecified atom stereocenters. The predicted molar refractivity (Wildman–Crippen MR) is 34.0 cm³/mol. The van der Waals surface area contributed by atoms with Crippen LogP contribution in [0.3, 0.4) is 0 Å². The lowest BCUT2D eigenvalue weighted by molar-refractivity contribution is -0.217. The van der Waals surface area contributed by atoms with Gasteiger partial charge < -0.3 is 0 Å². The molecule has 1 rings (SSSR count). The Labute approximate surface area is 67.6 Å². The lowest BCUT2D eigenvalue weighted by Crippen LogP contribution is -2.29. The molecule has 1 saturated carbocycles. The van der Waals surface area contributed by atoms with Crippen LogP contribution in [0.4, 0.5) is 17.7 Å². The molecule has 1 fully saturated rings. The third-order valence-electron chi connectivity index (χ3n) is 2.26. The smallest absolute Gasteiger partial charge is 0.191 e. The van der Waals surface area contributed by atoms with Gasteiger partial charge in [-0.1, -0.05) is 0 Å². The van der Waals surface area contributed by atoms with Crippen LogP contribution in [0, 0.1) is 5.92 Å². The zero-order valence-corrected chi connectivity index (χ0v) is 6.40. The Hall–Kier alpha value is -0.320. The van der Waals surface area contributed by atoms with E-state index in [1.54, 1.807) is 0 Å². The van der Waals surface area contributed by atoms with Gasteiger partial charge in [0.25, 0.3) is 0 Å². The van der Waals surface area contributed by atoms with Crippen molar-refractivity contribution in [2.75, 3.05) is 0 Å². The van der Waals surface area contributed by atoms with Crippen LogP contribution in [-0.2, 0) is 4.94 Å². The van der Waals surface area contributed by atoms with Gasteiger partial charge in [-0.05, 0) is 30.2 Å². The van der Waals surface area contributed by atoms with E-state index in [1.807, 2.05) is 0 Å². The Morgan fingerprint density at radius 3 is 1.83 bits per heavy atom. The first-order valence-corrected chi connectivity index (χ1v) is 3.88. The zero-order valence-electron chi connectivity index (χ0n) is 6.40. The normalized spacial score (nSPS) is 32.0. The molecule has 0 N–H and O–H groups in total. The molecule has 5 heteroatoms. The predicted octanol–water partition coefficient (Wildman–Crippen LogP) is 3.01. The van der Waals surface area contributed by atoms with Gasteiger partial charge in [-0.2, -0.15) is 18.1 Å². The van der Waals surface area contributed by atoms with Gasteiger partial charge >= 0.3 is 6.18 Å². The molecular weight excluding hydrogens is 176 g/mol. The Bertz CT molecular complexity index is 137. The number of rotatable bonds is 1. The molecule has 0 aromatic carbocycles. The first kappa shape index (κ1) is 9.77. The second-order valence-electron chi connectivity index (χ2n) is 3.10. The largest absolute Gasteiger partial charge is 0.391 e. The molecule has 1 aliphatic rings. The average Bonchev–Trinajstić information content (AvgIpc) is 2.03. The summed E-state index contributed by atoms with van der Waals surface area (Å²) >= 11 is 0. The van der Waals surface area contributed by atoms with Crippen LogP contribution in [0.5, 0.6) is 0 Å². The average molecular weight is 186 g/mol. The summed E-state index contributed by atoms with van der Waals surface area (Å²) in [7, 11) is 0. The Balaban J connectivity index is 2.36. The molecule has 0 radical (unpaired) electrons. The lowest BCUT2D eigenvalue weighted by atomic mass is 9.87. The van der Waals surface area contributed by atoms with Crippen molar-refractivity contribution in [1.82, 2.24) is 0 Å². The van der Waals surface area contributed by atoms with E-state index in [0.717, 1.165) is 0 Å². The lowest BCUT2D eigenvalue weighted by Gasteiger charge is -2.27. The summed E-state index contributed by atoms with van der Waals surface area (Å²) < 4.78 is 47.6. The van der Waals surface area contributed by atoms with Crippen LogP contribution in [0.1, 0.15) is 25.7 Å². The number of halogens is 4. The maximum absolute atomic E-state index is 12.0. The number of alkyl halides is 3. The summed E-state index contributed by atoms with van der Waals surface area (Å²) in [6.45, 7) is 0. The summed E-state index contributed by atoms with van der Waals surface area (Å²) in [5, 5.41) is 0. The van der Waals surface area contributed by atoms with E-state index in [-0.39, 0.29) is 25.7 Å². The fourth-order valence-corrected chi connectivity index (χ4v) is 1.48. The minimum atomic E-state index is -4.12. The van der Waals surface area contributed by atoms with Crippen LogP contribution < -0.4 is 0 Å². The van der Waals surface area contributed by atoms with E-state index < -0.39 is 18.2 Å². The first-order chi connectivity index (χ1) is 5.54. The molecule has 12 heavy (non-hydrogen) atoms. The Morgan fingerprint density at radius 2 is 1.50 bits per heavy atom. The summed E-state index contributed by atoms with van der Waals surface area (Å²) in [5.74, 6) is -1.26. The third-order valence-corrected chi connectivity index (χ3v) is 2.26. The van der Waals surface area contributed by atoms with Gasteiger partial charge in [-0.3, -0.25) is 0 Å². The first-order valence-electron chi connectivity index (χ1n) is 3.88. The van der Waals surface area contributed by atoms with Crippen molar-refractivity contribution < 1.29 is 22.6 Å². The standard InChI is InChI=1S/C7H10F4O/c8-7(9,10)5-1-3-6(12-11)4-2-5/h5-6H,1-4H2. The molecule has 0 aromatic rings. The van der Waals surface area contributed by atoms with Crippen molar-refractivity contribution in [3.8, 4) is 0 Å². The second kappa shape index (κ2) is 3.60. The molecule has 0 spiro atoms. The van der Waals surface area contributed by atoms with Crippen molar-refractivity contribution in [1.29, 1.82) is 0 Å². The fourth-order valence-electron chi connectivity index (χ4n) is 1.48. The van der Waals surface area contributed by atoms with Gasteiger partial charge in [0.1, 0.15) is 0 Å². The quantitative estimate of drug-likeness (QED) is 0.572. The molecule has 1 nitrogen and oxygen atoms in total. The molecule has 0 bridgehead atoms. The highest BCUT2D eigenvalue weighted by Crippen LogP contribution is 2.38. The minimum absolute atomic E-state index is 0.0158. The van der Waals surface area contributed by atoms with Gasteiger partial charge in [-0.25, -0.2) is 0 Å². The van der Waals surface area contributed by atoms with E-state index in [4.69, 9.17) is 0 Å². The molecule has 0 atom stereocenters. The highest BCUT2D eigenvalue weighted by atomic mass is 19.4. The Kier molecular flexibility index (Phi) is 2.93. The maximum Gasteiger partial charge on any atom is 0.391 e. The highest BCUT2D eigenvalue weighted by molar-refractivity contribution is 4.76. The van der Waals surface area contributed by atoms with Gasteiger partial charge in [0.15, 0.2) is 0 Å². The fraction of sp³-hybridized carbons (Fsp3) is 1.00. The van der Waals surface area contributed by atoms with Crippen molar-refractivity contribution in [2.24, 2.45) is 5.92 Å². The molecule has 0 amide bonds. The van der Waals surface area contributed by atoms with Crippen molar-refractivity contribution in [3.63, 3.8) is 0 Å². The van der Waals surface area contributed by atoms with Gasteiger partial charge in [0.05, 0.1) is 12.0 Å². The Morgan fingerprint density at radius 1 is 1.00 bits per heavy atom.